The number of rotatable bonds is 6. The summed E-state index contributed by atoms with van der Waals surface area (Å²) in [7, 11) is -3.81. The van der Waals surface area contributed by atoms with Gasteiger partial charge in [0.05, 0.1) is 28.7 Å². The molecule has 2 amide bonds. The van der Waals surface area contributed by atoms with E-state index in [1.165, 1.54) is 22.5 Å². The predicted molar refractivity (Wildman–Crippen MR) is 107 cm³/mol. The van der Waals surface area contributed by atoms with Crippen molar-refractivity contribution in [2.75, 3.05) is 26.3 Å². The molecular formula is C19H20ClN3O5S. The van der Waals surface area contributed by atoms with Crippen LogP contribution >= 0.6 is 11.6 Å². The lowest BCUT2D eigenvalue weighted by Gasteiger charge is -2.26. The van der Waals surface area contributed by atoms with Crippen LogP contribution in [0.5, 0.6) is 0 Å². The van der Waals surface area contributed by atoms with Crippen molar-refractivity contribution in [3.8, 4) is 0 Å². The molecule has 1 aliphatic heterocycles. The molecule has 1 aliphatic rings. The fourth-order valence-corrected chi connectivity index (χ4v) is 4.59. The summed E-state index contributed by atoms with van der Waals surface area (Å²) < 4.78 is 32.2. The summed E-state index contributed by atoms with van der Waals surface area (Å²) in [5.41, 5.74) is 5.86. The molecule has 1 fully saturated rings. The highest BCUT2D eigenvalue weighted by atomic mass is 35.5. The van der Waals surface area contributed by atoms with Gasteiger partial charge in [-0.2, -0.15) is 4.31 Å². The number of benzene rings is 2. The number of carbonyl (C=O) groups is 2. The van der Waals surface area contributed by atoms with Crippen molar-refractivity contribution >= 4 is 33.4 Å². The first-order valence-corrected chi connectivity index (χ1v) is 10.6. The van der Waals surface area contributed by atoms with E-state index in [1.807, 2.05) is 0 Å². The van der Waals surface area contributed by atoms with Crippen molar-refractivity contribution in [2.24, 2.45) is 5.73 Å². The molecule has 0 aliphatic carbocycles. The highest BCUT2D eigenvalue weighted by molar-refractivity contribution is 7.89. The molecule has 2 aromatic carbocycles. The zero-order valence-electron chi connectivity index (χ0n) is 15.4. The van der Waals surface area contributed by atoms with E-state index in [9.17, 15) is 18.0 Å². The van der Waals surface area contributed by atoms with Crippen LogP contribution in [0.4, 0.5) is 0 Å². The van der Waals surface area contributed by atoms with Crippen LogP contribution in [-0.4, -0.2) is 50.8 Å². The van der Waals surface area contributed by atoms with E-state index in [2.05, 4.69) is 5.32 Å². The molecule has 10 heteroatoms. The summed E-state index contributed by atoms with van der Waals surface area (Å²) in [6.45, 7) is 1.06. The van der Waals surface area contributed by atoms with Crippen molar-refractivity contribution in [3.05, 3.63) is 64.7 Å². The minimum atomic E-state index is -3.81. The second-order valence-electron chi connectivity index (χ2n) is 6.38. The lowest BCUT2D eigenvalue weighted by molar-refractivity contribution is -0.120. The molecule has 0 saturated carbocycles. The van der Waals surface area contributed by atoms with Gasteiger partial charge in [-0.3, -0.25) is 9.59 Å². The number of ether oxygens (including phenoxy) is 1. The van der Waals surface area contributed by atoms with Crippen LogP contribution in [0, 0.1) is 0 Å². The fourth-order valence-electron chi connectivity index (χ4n) is 2.95. The molecule has 0 radical (unpaired) electrons. The Morgan fingerprint density at radius 2 is 1.76 bits per heavy atom. The fraction of sp³-hybridized carbons (Fsp3) is 0.263. The number of primary amides is 1. The van der Waals surface area contributed by atoms with Crippen LogP contribution in [0.25, 0.3) is 0 Å². The molecule has 0 bridgehead atoms. The second-order valence-corrected chi connectivity index (χ2v) is 8.72. The minimum Gasteiger partial charge on any atom is -0.379 e. The zero-order chi connectivity index (χ0) is 21.0. The van der Waals surface area contributed by atoms with Gasteiger partial charge in [0.2, 0.25) is 15.9 Å². The smallest absolute Gasteiger partial charge is 0.253 e. The maximum Gasteiger partial charge on any atom is 0.253 e. The number of hydrogen-bond donors (Lipinski definition) is 2. The van der Waals surface area contributed by atoms with E-state index in [1.54, 1.807) is 30.3 Å². The molecule has 1 unspecified atom stereocenters. The number of amides is 2. The highest BCUT2D eigenvalue weighted by Gasteiger charge is 2.28. The van der Waals surface area contributed by atoms with Crippen LogP contribution in [0.3, 0.4) is 0 Å². The average molecular weight is 438 g/mol. The quantitative estimate of drug-likeness (QED) is 0.706. The predicted octanol–water partition coefficient (Wildman–Crippen LogP) is 1.32. The van der Waals surface area contributed by atoms with Crippen molar-refractivity contribution < 1.29 is 22.7 Å². The Balaban J connectivity index is 1.89. The summed E-state index contributed by atoms with van der Waals surface area (Å²) in [5, 5.41) is 2.58. The lowest BCUT2D eigenvalue weighted by Crippen LogP contribution is -2.40. The Hall–Kier alpha value is -2.46. The van der Waals surface area contributed by atoms with Gasteiger partial charge in [-0.05, 0) is 23.8 Å². The van der Waals surface area contributed by atoms with Gasteiger partial charge >= 0.3 is 0 Å². The van der Waals surface area contributed by atoms with E-state index in [-0.39, 0.29) is 28.6 Å². The van der Waals surface area contributed by atoms with Crippen LogP contribution < -0.4 is 11.1 Å². The molecule has 1 heterocycles. The summed E-state index contributed by atoms with van der Waals surface area (Å²) in [6, 6.07) is 11.3. The Labute approximate surface area is 173 Å². The van der Waals surface area contributed by atoms with Crippen LogP contribution in [0.15, 0.2) is 53.4 Å². The zero-order valence-corrected chi connectivity index (χ0v) is 16.9. The number of hydrogen-bond acceptors (Lipinski definition) is 5. The molecule has 29 heavy (non-hydrogen) atoms. The van der Waals surface area contributed by atoms with Gasteiger partial charge in [-0.1, -0.05) is 41.9 Å². The first-order chi connectivity index (χ1) is 13.8. The average Bonchev–Trinajstić information content (AvgIpc) is 2.73. The van der Waals surface area contributed by atoms with Gasteiger partial charge in [-0.25, -0.2) is 8.42 Å². The summed E-state index contributed by atoms with van der Waals surface area (Å²) in [5.74, 6) is -1.46. The number of nitrogens with two attached hydrogens (primary N) is 1. The molecule has 3 rings (SSSR count). The molecule has 0 spiro atoms. The van der Waals surface area contributed by atoms with Crippen molar-refractivity contribution in [3.63, 3.8) is 0 Å². The molecule has 3 N–H and O–H groups in total. The molecule has 0 aromatic heterocycles. The summed E-state index contributed by atoms with van der Waals surface area (Å²) >= 11 is 6.13. The Morgan fingerprint density at radius 1 is 1.10 bits per heavy atom. The minimum absolute atomic E-state index is 0.0553. The van der Waals surface area contributed by atoms with Crippen LogP contribution in [-0.2, 0) is 19.6 Å². The first kappa shape index (κ1) is 21.3. The molecule has 2 aromatic rings. The van der Waals surface area contributed by atoms with Gasteiger partial charge in [0.1, 0.15) is 6.04 Å². The lowest BCUT2D eigenvalue weighted by atomic mass is 10.1. The summed E-state index contributed by atoms with van der Waals surface area (Å²) in [4.78, 5) is 24.6. The third-order valence-corrected chi connectivity index (χ3v) is 6.71. The number of carbonyl (C=O) groups excluding carboxylic acids is 2. The molecule has 1 atom stereocenters. The Morgan fingerprint density at radius 3 is 2.38 bits per heavy atom. The van der Waals surface area contributed by atoms with Gasteiger partial charge in [0.25, 0.3) is 5.91 Å². The molecule has 154 valence electrons. The van der Waals surface area contributed by atoms with Gasteiger partial charge in [0.15, 0.2) is 0 Å². The summed E-state index contributed by atoms with van der Waals surface area (Å²) in [6.07, 6.45) is 0. The number of nitrogens with one attached hydrogen (secondary N) is 1. The van der Waals surface area contributed by atoms with Crippen molar-refractivity contribution in [2.45, 2.75) is 10.9 Å². The largest absolute Gasteiger partial charge is 0.379 e. The number of morpholine rings is 1. The second kappa shape index (κ2) is 8.91. The maximum atomic E-state index is 12.8. The van der Waals surface area contributed by atoms with Crippen LogP contribution in [0.2, 0.25) is 5.02 Å². The van der Waals surface area contributed by atoms with E-state index in [4.69, 9.17) is 22.1 Å². The number of nitrogens with zero attached hydrogens (tertiary/aromatic N) is 1. The van der Waals surface area contributed by atoms with Gasteiger partial charge < -0.3 is 15.8 Å². The number of halogens is 1. The molecule has 1 saturated heterocycles. The molecule has 8 nitrogen and oxygen atoms in total. The van der Waals surface area contributed by atoms with E-state index in [0.29, 0.717) is 18.8 Å². The standard InChI is InChI=1S/C19H20ClN3O5S/c20-16-7-6-14(29(26,27)23-8-10-28-11-9-23)12-15(16)19(25)22-17(18(21)24)13-4-2-1-3-5-13/h1-7,12,17H,8-11H2,(H2,21,24)(H,22,25). The van der Waals surface area contributed by atoms with Gasteiger partial charge in [0, 0.05) is 13.1 Å². The highest BCUT2D eigenvalue weighted by Crippen LogP contribution is 2.24. The Bertz CT molecular complexity index is 1010. The molecular weight excluding hydrogens is 418 g/mol. The van der Waals surface area contributed by atoms with E-state index in [0.717, 1.165) is 0 Å². The van der Waals surface area contributed by atoms with Crippen LogP contribution in [0.1, 0.15) is 22.0 Å². The monoisotopic (exact) mass is 437 g/mol. The SMILES string of the molecule is NC(=O)C(NC(=O)c1cc(S(=O)(=O)N2CCOCC2)ccc1Cl)c1ccccc1. The topological polar surface area (TPSA) is 119 Å². The first-order valence-electron chi connectivity index (χ1n) is 8.83. The van der Waals surface area contributed by atoms with Crippen molar-refractivity contribution in [1.29, 1.82) is 0 Å². The van der Waals surface area contributed by atoms with E-state index < -0.39 is 27.9 Å². The maximum absolute atomic E-state index is 12.8. The normalized spacial score (nSPS) is 16.2. The Kier molecular flexibility index (Phi) is 6.53. The number of sulfonamides is 1. The van der Waals surface area contributed by atoms with Crippen molar-refractivity contribution in [1.82, 2.24) is 9.62 Å². The van der Waals surface area contributed by atoms with Gasteiger partial charge in [-0.15, -0.1) is 0 Å². The third kappa shape index (κ3) is 4.76. The van der Waals surface area contributed by atoms with E-state index >= 15 is 0 Å². The third-order valence-electron chi connectivity index (χ3n) is 4.48.